The van der Waals surface area contributed by atoms with Crippen molar-refractivity contribution in [2.24, 2.45) is 15.3 Å². The fourth-order valence-corrected chi connectivity index (χ4v) is 3.77. The van der Waals surface area contributed by atoms with E-state index in [0.717, 1.165) is 16.9 Å². The van der Waals surface area contributed by atoms with Crippen LogP contribution in [0.5, 0.6) is 0 Å². The predicted octanol–water partition coefficient (Wildman–Crippen LogP) is 4.67. The number of hydrogen-bond donors (Lipinski definition) is 0. The highest BCUT2D eigenvalue weighted by molar-refractivity contribution is 7.14. The zero-order valence-electron chi connectivity index (χ0n) is 17.3. The topological polar surface area (TPSA) is 90.6 Å². The second-order valence-electron chi connectivity index (χ2n) is 6.99. The zero-order valence-corrected chi connectivity index (χ0v) is 18.1. The van der Waals surface area contributed by atoms with Gasteiger partial charge in [-0.05, 0) is 31.2 Å². The number of aromatic nitrogens is 1. The van der Waals surface area contributed by atoms with Gasteiger partial charge in [0.2, 0.25) is 11.0 Å². The summed E-state index contributed by atoms with van der Waals surface area (Å²) in [5, 5.41) is 16.4. The molecule has 156 valence electrons. The SMILES string of the molecule is CC(=O)N(C)c1ccc(N=N[C@H]2C(=O)N(c3nc(-c4ccccc4)cs3)N=C2C)cc1. The molecule has 0 unspecified atom stereocenters. The Morgan fingerprint density at radius 1 is 1.13 bits per heavy atom. The van der Waals surface area contributed by atoms with Gasteiger partial charge in [-0.15, -0.1) is 11.3 Å². The lowest BCUT2D eigenvalue weighted by atomic mass is 10.2. The third-order valence-electron chi connectivity index (χ3n) is 4.84. The number of carbonyl (C=O) groups is 2. The van der Waals surface area contributed by atoms with Gasteiger partial charge in [0.1, 0.15) is 0 Å². The number of hydrazone groups is 1. The molecule has 0 fully saturated rings. The zero-order chi connectivity index (χ0) is 22.0. The van der Waals surface area contributed by atoms with E-state index in [1.54, 1.807) is 38.2 Å². The average Bonchev–Trinajstić information content (AvgIpc) is 3.37. The maximum Gasteiger partial charge on any atom is 0.282 e. The van der Waals surface area contributed by atoms with Crippen molar-refractivity contribution in [3.8, 4) is 11.3 Å². The Hall–Kier alpha value is -3.72. The molecule has 1 aliphatic heterocycles. The van der Waals surface area contributed by atoms with Gasteiger partial charge in [0, 0.05) is 30.6 Å². The molecule has 0 radical (unpaired) electrons. The fraction of sp³-hybridized carbons (Fsp3) is 0.182. The maximum absolute atomic E-state index is 12.9. The number of benzene rings is 2. The molecule has 2 aromatic carbocycles. The van der Waals surface area contributed by atoms with Crippen molar-refractivity contribution >= 4 is 45.4 Å². The molecular weight excluding hydrogens is 412 g/mol. The maximum atomic E-state index is 12.9. The Morgan fingerprint density at radius 3 is 2.52 bits per heavy atom. The third-order valence-corrected chi connectivity index (χ3v) is 5.65. The molecule has 31 heavy (non-hydrogen) atoms. The van der Waals surface area contributed by atoms with Gasteiger partial charge in [-0.2, -0.15) is 20.3 Å². The summed E-state index contributed by atoms with van der Waals surface area (Å²) in [4.78, 5) is 30.4. The second kappa shape index (κ2) is 8.57. The van der Waals surface area contributed by atoms with E-state index in [0.29, 0.717) is 16.5 Å². The summed E-state index contributed by atoms with van der Waals surface area (Å²) in [5.41, 5.74) is 3.67. The summed E-state index contributed by atoms with van der Waals surface area (Å²) in [6.45, 7) is 3.25. The quantitative estimate of drug-likeness (QED) is 0.549. The summed E-state index contributed by atoms with van der Waals surface area (Å²) in [5.74, 6) is -0.349. The lowest BCUT2D eigenvalue weighted by Crippen LogP contribution is -2.29. The predicted molar refractivity (Wildman–Crippen MR) is 122 cm³/mol. The van der Waals surface area contributed by atoms with Crippen molar-refractivity contribution in [2.45, 2.75) is 19.9 Å². The molecule has 9 heteroatoms. The molecular formula is C22H20N6O2S. The van der Waals surface area contributed by atoms with Crippen molar-refractivity contribution < 1.29 is 9.59 Å². The number of thiazole rings is 1. The molecule has 4 rings (SSSR count). The normalized spacial score (nSPS) is 16.1. The van der Waals surface area contributed by atoms with Gasteiger partial charge < -0.3 is 4.90 Å². The molecule has 1 aromatic heterocycles. The standard InChI is InChI=1S/C22H20N6O2S/c1-14-20(25-24-17-9-11-18(12-10-17)27(3)15(2)29)21(30)28(26-14)22-23-19(13-31-22)16-7-5-4-6-8-16/h4-13,20H,1-3H3/t20-/m1/s1. The number of nitrogens with zero attached hydrogens (tertiary/aromatic N) is 6. The summed E-state index contributed by atoms with van der Waals surface area (Å²) in [7, 11) is 1.70. The van der Waals surface area contributed by atoms with Crippen LogP contribution in [0.3, 0.4) is 0 Å². The molecule has 0 saturated carbocycles. The van der Waals surface area contributed by atoms with Crippen LogP contribution in [0.25, 0.3) is 11.3 Å². The Morgan fingerprint density at radius 2 is 1.84 bits per heavy atom. The first-order valence-electron chi connectivity index (χ1n) is 9.59. The van der Waals surface area contributed by atoms with Crippen molar-refractivity contribution in [1.29, 1.82) is 0 Å². The van der Waals surface area contributed by atoms with Crippen LogP contribution in [-0.2, 0) is 9.59 Å². The van der Waals surface area contributed by atoms with Gasteiger partial charge in [-0.3, -0.25) is 9.59 Å². The molecule has 3 aromatic rings. The van der Waals surface area contributed by atoms with Crippen molar-refractivity contribution in [3.63, 3.8) is 0 Å². The van der Waals surface area contributed by atoms with Crippen LogP contribution in [0.15, 0.2) is 75.3 Å². The van der Waals surface area contributed by atoms with E-state index in [9.17, 15) is 9.59 Å². The van der Waals surface area contributed by atoms with E-state index in [4.69, 9.17) is 0 Å². The molecule has 1 atom stereocenters. The smallest absolute Gasteiger partial charge is 0.282 e. The summed E-state index contributed by atoms with van der Waals surface area (Å²) >= 11 is 1.35. The van der Waals surface area contributed by atoms with Gasteiger partial charge in [0.25, 0.3) is 5.91 Å². The fourth-order valence-electron chi connectivity index (χ4n) is 2.98. The van der Waals surface area contributed by atoms with Gasteiger partial charge in [0.05, 0.1) is 17.1 Å². The molecule has 2 amide bonds. The Bertz CT molecular complexity index is 1170. The number of carbonyl (C=O) groups excluding carboxylic acids is 2. The van der Waals surface area contributed by atoms with Crippen LogP contribution in [0.4, 0.5) is 16.5 Å². The lowest BCUT2D eigenvalue weighted by Gasteiger charge is -2.14. The minimum atomic E-state index is -0.788. The number of hydrogen-bond acceptors (Lipinski definition) is 7. The average molecular weight is 433 g/mol. The molecule has 2 heterocycles. The van der Waals surface area contributed by atoms with Crippen LogP contribution in [-0.4, -0.2) is 35.6 Å². The van der Waals surface area contributed by atoms with Crippen LogP contribution in [0.1, 0.15) is 13.8 Å². The number of azo groups is 1. The Labute approximate surface area is 183 Å². The van der Waals surface area contributed by atoms with E-state index >= 15 is 0 Å². The second-order valence-corrected chi connectivity index (χ2v) is 7.82. The number of rotatable bonds is 5. The van der Waals surface area contributed by atoms with E-state index in [1.807, 2.05) is 35.7 Å². The van der Waals surface area contributed by atoms with E-state index in [2.05, 4.69) is 20.3 Å². The van der Waals surface area contributed by atoms with Crippen molar-refractivity contribution in [2.75, 3.05) is 17.0 Å². The van der Waals surface area contributed by atoms with E-state index < -0.39 is 6.04 Å². The van der Waals surface area contributed by atoms with Gasteiger partial charge in [-0.1, -0.05) is 30.3 Å². The molecule has 8 nitrogen and oxygen atoms in total. The highest BCUT2D eigenvalue weighted by Gasteiger charge is 2.36. The largest absolute Gasteiger partial charge is 0.316 e. The first kappa shape index (κ1) is 20.5. The highest BCUT2D eigenvalue weighted by Crippen LogP contribution is 2.30. The highest BCUT2D eigenvalue weighted by atomic mass is 32.1. The monoisotopic (exact) mass is 432 g/mol. The van der Waals surface area contributed by atoms with Crippen LogP contribution in [0.2, 0.25) is 0 Å². The van der Waals surface area contributed by atoms with Crippen LogP contribution >= 0.6 is 11.3 Å². The molecule has 0 saturated heterocycles. The van der Waals surface area contributed by atoms with E-state index in [1.165, 1.54) is 28.2 Å². The van der Waals surface area contributed by atoms with Crippen LogP contribution in [0, 0.1) is 0 Å². The van der Waals surface area contributed by atoms with Crippen LogP contribution < -0.4 is 9.91 Å². The first-order chi connectivity index (χ1) is 14.9. The van der Waals surface area contributed by atoms with Gasteiger partial charge in [0.15, 0.2) is 6.04 Å². The minimum absolute atomic E-state index is 0.0598. The first-order valence-corrected chi connectivity index (χ1v) is 10.5. The Balaban J connectivity index is 1.48. The molecule has 0 bridgehead atoms. The van der Waals surface area contributed by atoms with Gasteiger partial charge >= 0.3 is 0 Å². The number of anilines is 2. The molecule has 0 N–H and O–H groups in total. The van der Waals surface area contributed by atoms with Gasteiger partial charge in [-0.25, -0.2) is 4.98 Å². The number of amides is 2. The van der Waals surface area contributed by atoms with Crippen molar-refractivity contribution in [3.05, 3.63) is 60.0 Å². The third kappa shape index (κ3) is 4.26. The van der Waals surface area contributed by atoms with E-state index in [-0.39, 0.29) is 11.8 Å². The summed E-state index contributed by atoms with van der Waals surface area (Å²) in [6.07, 6.45) is 0. The molecule has 0 spiro atoms. The molecule has 1 aliphatic rings. The lowest BCUT2D eigenvalue weighted by molar-refractivity contribution is -0.118. The summed E-state index contributed by atoms with van der Waals surface area (Å²) in [6, 6.07) is 16.0. The minimum Gasteiger partial charge on any atom is -0.316 e. The Kier molecular flexibility index (Phi) is 5.68. The van der Waals surface area contributed by atoms with Crippen molar-refractivity contribution in [1.82, 2.24) is 4.98 Å². The molecule has 0 aliphatic carbocycles. The summed E-state index contributed by atoms with van der Waals surface area (Å²) < 4.78 is 0.